The number of benzene rings is 1. The van der Waals surface area contributed by atoms with Crippen LogP contribution >= 0.6 is 11.8 Å². The van der Waals surface area contributed by atoms with Gasteiger partial charge in [0.25, 0.3) is 11.8 Å². The third-order valence-electron chi connectivity index (χ3n) is 3.26. The zero-order chi connectivity index (χ0) is 16.7. The number of nitrogens with one attached hydrogen (secondary N) is 2. The van der Waals surface area contributed by atoms with Crippen LogP contribution in [0.1, 0.15) is 30.6 Å². The fourth-order valence-corrected chi connectivity index (χ4v) is 2.62. The molecule has 2 amide bonds. The highest BCUT2D eigenvalue weighted by atomic mass is 32.2. The van der Waals surface area contributed by atoms with Gasteiger partial charge in [-0.2, -0.15) is 0 Å². The van der Waals surface area contributed by atoms with E-state index in [-0.39, 0.29) is 11.8 Å². The molecule has 1 heterocycles. The molecule has 0 spiro atoms. The number of anilines is 1. The predicted octanol–water partition coefficient (Wildman–Crippen LogP) is 3.01. The first-order valence-electron chi connectivity index (χ1n) is 7.70. The fraction of sp³-hybridized carbons (Fsp3) is 0.412. The van der Waals surface area contributed by atoms with Gasteiger partial charge >= 0.3 is 0 Å². The number of hydrogen-bond donors (Lipinski definition) is 2. The van der Waals surface area contributed by atoms with Crippen LogP contribution in [0.2, 0.25) is 0 Å². The maximum atomic E-state index is 12.1. The van der Waals surface area contributed by atoms with Gasteiger partial charge in [-0.3, -0.25) is 9.59 Å². The molecule has 6 heteroatoms. The van der Waals surface area contributed by atoms with Crippen molar-refractivity contribution in [3.63, 3.8) is 0 Å². The van der Waals surface area contributed by atoms with Gasteiger partial charge < -0.3 is 15.4 Å². The van der Waals surface area contributed by atoms with Crippen LogP contribution in [0.25, 0.3) is 0 Å². The number of hydrogen-bond acceptors (Lipinski definition) is 4. The second-order valence-corrected chi connectivity index (χ2v) is 6.65. The van der Waals surface area contributed by atoms with Crippen molar-refractivity contribution in [3.05, 3.63) is 41.0 Å². The zero-order valence-corrected chi connectivity index (χ0v) is 14.2. The first-order chi connectivity index (χ1) is 11.1. The second-order valence-electron chi connectivity index (χ2n) is 5.67. The molecule has 1 aromatic carbocycles. The summed E-state index contributed by atoms with van der Waals surface area (Å²) >= 11 is 1.55. The van der Waals surface area contributed by atoms with Crippen molar-refractivity contribution in [2.45, 2.75) is 20.3 Å². The van der Waals surface area contributed by atoms with Crippen molar-refractivity contribution < 1.29 is 14.3 Å². The molecule has 5 nitrogen and oxygen atoms in total. The summed E-state index contributed by atoms with van der Waals surface area (Å²) in [6.45, 7) is 5.40. The highest BCUT2D eigenvalue weighted by Crippen LogP contribution is 2.18. The van der Waals surface area contributed by atoms with E-state index in [0.29, 0.717) is 36.1 Å². The highest BCUT2D eigenvalue weighted by Gasteiger charge is 2.15. The standard InChI is InChI=1S/C17H22N2O3S/c1-12(2)6-7-18-16(20)13-4-3-5-14(10-13)19-17(21)15-11-23-9-8-22-15/h3-5,10-12H,6-9H2,1-2H3,(H,18,20)(H,19,21). The Kier molecular flexibility index (Phi) is 6.52. The van der Waals surface area contributed by atoms with Crippen LogP contribution in [0.3, 0.4) is 0 Å². The van der Waals surface area contributed by atoms with E-state index in [2.05, 4.69) is 24.5 Å². The maximum Gasteiger partial charge on any atom is 0.291 e. The van der Waals surface area contributed by atoms with Crippen LogP contribution in [0.5, 0.6) is 0 Å². The van der Waals surface area contributed by atoms with Gasteiger partial charge in [0.05, 0.1) is 6.61 Å². The Labute approximate surface area is 140 Å². The van der Waals surface area contributed by atoms with Gasteiger partial charge in [0.2, 0.25) is 0 Å². The van der Waals surface area contributed by atoms with Gasteiger partial charge in [0.15, 0.2) is 5.76 Å². The average molecular weight is 334 g/mol. The van der Waals surface area contributed by atoms with E-state index >= 15 is 0 Å². The third-order valence-corrected chi connectivity index (χ3v) is 4.05. The van der Waals surface area contributed by atoms with Crippen LogP contribution in [0.4, 0.5) is 5.69 Å². The molecule has 23 heavy (non-hydrogen) atoms. The molecular formula is C17H22N2O3S. The lowest BCUT2D eigenvalue weighted by atomic mass is 10.1. The van der Waals surface area contributed by atoms with Crippen molar-refractivity contribution in [1.82, 2.24) is 5.32 Å². The summed E-state index contributed by atoms with van der Waals surface area (Å²) in [5.74, 6) is 1.28. The minimum absolute atomic E-state index is 0.134. The number of thioether (sulfide) groups is 1. The minimum Gasteiger partial charge on any atom is -0.487 e. The molecule has 124 valence electrons. The summed E-state index contributed by atoms with van der Waals surface area (Å²) in [5.41, 5.74) is 1.10. The lowest BCUT2D eigenvalue weighted by Crippen LogP contribution is -2.25. The molecule has 0 radical (unpaired) electrons. The largest absolute Gasteiger partial charge is 0.487 e. The molecule has 0 saturated carbocycles. The van der Waals surface area contributed by atoms with Gasteiger partial charge in [-0.15, -0.1) is 11.8 Å². The normalized spacial score (nSPS) is 14.0. The molecule has 0 saturated heterocycles. The summed E-state index contributed by atoms with van der Waals surface area (Å²) < 4.78 is 5.31. The summed E-state index contributed by atoms with van der Waals surface area (Å²) in [6.07, 6.45) is 0.936. The van der Waals surface area contributed by atoms with Crippen LogP contribution in [0.15, 0.2) is 35.4 Å². The molecule has 0 unspecified atom stereocenters. The van der Waals surface area contributed by atoms with E-state index in [1.807, 2.05) is 0 Å². The smallest absolute Gasteiger partial charge is 0.291 e. The molecule has 1 aliphatic heterocycles. The van der Waals surface area contributed by atoms with E-state index in [1.165, 1.54) is 0 Å². The number of amides is 2. The van der Waals surface area contributed by atoms with Crippen LogP contribution < -0.4 is 10.6 Å². The molecule has 0 bridgehead atoms. The Morgan fingerprint density at radius 3 is 2.83 bits per heavy atom. The number of ether oxygens (including phenoxy) is 1. The first kappa shape index (κ1) is 17.4. The van der Waals surface area contributed by atoms with Gasteiger partial charge in [-0.25, -0.2) is 0 Å². The zero-order valence-electron chi connectivity index (χ0n) is 13.4. The molecule has 0 atom stereocenters. The Balaban J connectivity index is 1.95. The van der Waals surface area contributed by atoms with Crippen molar-refractivity contribution in [1.29, 1.82) is 0 Å². The first-order valence-corrected chi connectivity index (χ1v) is 8.75. The SMILES string of the molecule is CC(C)CCNC(=O)c1cccc(NC(=O)C2=CSCCO2)c1. The Morgan fingerprint density at radius 1 is 1.30 bits per heavy atom. The average Bonchev–Trinajstić information content (AvgIpc) is 2.55. The summed E-state index contributed by atoms with van der Waals surface area (Å²) in [7, 11) is 0. The Hall–Kier alpha value is -1.95. The third kappa shape index (κ3) is 5.63. The van der Waals surface area contributed by atoms with E-state index in [9.17, 15) is 9.59 Å². The van der Waals surface area contributed by atoms with Gasteiger partial charge in [-0.05, 0) is 30.5 Å². The molecule has 2 N–H and O–H groups in total. The monoisotopic (exact) mass is 334 g/mol. The topological polar surface area (TPSA) is 67.4 Å². The van der Waals surface area contributed by atoms with Crippen molar-refractivity contribution in [3.8, 4) is 0 Å². The molecule has 0 fully saturated rings. The number of carbonyl (C=O) groups is 2. The number of carbonyl (C=O) groups excluding carboxylic acids is 2. The molecular weight excluding hydrogens is 312 g/mol. The molecule has 1 aromatic rings. The fourth-order valence-electron chi connectivity index (χ4n) is 1.99. The Morgan fingerprint density at radius 2 is 2.13 bits per heavy atom. The summed E-state index contributed by atoms with van der Waals surface area (Å²) in [4.78, 5) is 24.2. The van der Waals surface area contributed by atoms with Crippen molar-refractivity contribution in [2.75, 3.05) is 24.2 Å². The lowest BCUT2D eigenvalue weighted by molar-refractivity contribution is -0.116. The van der Waals surface area contributed by atoms with E-state index in [0.717, 1.165) is 12.2 Å². The maximum absolute atomic E-state index is 12.1. The van der Waals surface area contributed by atoms with Crippen LogP contribution in [-0.2, 0) is 9.53 Å². The quantitative estimate of drug-likeness (QED) is 0.839. The summed E-state index contributed by atoms with van der Waals surface area (Å²) in [6, 6.07) is 6.89. The molecule has 1 aliphatic rings. The number of rotatable bonds is 6. The van der Waals surface area contributed by atoms with Gasteiger partial charge in [0.1, 0.15) is 0 Å². The van der Waals surface area contributed by atoms with E-state index in [1.54, 1.807) is 41.4 Å². The van der Waals surface area contributed by atoms with Gasteiger partial charge in [0, 0.05) is 29.0 Å². The van der Waals surface area contributed by atoms with E-state index in [4.69, 9.17) is 4.74 Å². The molecule has 2 rings (SSSR count). The van der Waals surface area contributed by atoms with Crippen LogP contribution in [-0.4, -0.2) is 30.7 Å². The van der Waals surface area contributed by atoms with Crippen molar-refractivity contribution in [2.24, 2.45) is 5.92 Å². The summed E-state index contributed by atoms with van der Waals surface area (Å²) in [5, 5.41) is 7.35. The highest BCUT2D eigenvalue weighted by molar-refractivity contribution is 8.02. The van der Waals surface area contributed by atoms with Gasteiger partial charge in [-0.1, -0.05) is 19.9 Å². The van der Waals surface area contributed by atoms with Crippen molar-refractivity contribution >= 4 is 29.3 Å². The Bertz CT molecular complexity index is 599. The second kappa shape index (κ2) is 8.62. The molecule has 0 aliphatic carbocycles. The van der Waals surface area contributed by atoms with Crippen LogP contribution in [0, 0.1) is 5.92 Å². The minimum atomic E-state index is -0.297. The lowest BCUT2D eigenvalue weighted by Gasteiger charge is -2.14. The molecule has 0 aromatic heterocycles. The predicted molar refractivity (Wildman–Crippen MR) is 93.4 cm³/mol. The van der Waals surface area contributed by atoms with E-state index < -0.39 is 0 Å².